The molecule has 2 saturated heterocycles. The second kappa shape index (κ2) is 16.7. The van der Waals surface area contributed by atoms with Crippen molar-refractivity contribution in [1.29, 1.82) is 0 Å². The number of hydrogen-bond donors (Lipinski definition) is 3. The number of amides is 1. The van der Waals surface area contributed by atoms with E-state index in [1.165, 1.54) is 63.6 Å². The number of likely N-dealkylation sites (tertiary alicyclic amines) is 1. The summed E-state index contributed by atoms with van der Waals surface area (Å²) in [7, 11) is -4.52. The van der Waals surface area contributed by atoms with Crippen molar-refractivity contribution in [3.63, 3.8) is 0 Å². The van der Waals surface area contributed by atoms with E-state index in [-0.39, 0.29) is 22.9 Å². The van der Waals surface area contributed by atoms with E-state index < -0.39 is 31.4 Å². The van der Waals surface area contributed by atoms with Gasteiger partial charge >= 0.3 is 0 Å². The highest BCUT2D eigenvalue weighted by atomic mass is 32.2. The van der Waals surface area contributed by atoms with Gasteiger partial charge in [0.25, 0.3) is 21.6 Å². The molecular weight excluding hydrogens is 733 g/mol. The van der Waals surface area contributed by atoms with Gasteiger partial charge in [-0.15, -0.1) is 0 Å². The summed E-state index contributed by atoms with van der Waals surface area (Å²) in [4.78, 5) is 35.1. The summed E-state index contributed by atoms with van der Waals surface area (Å²) in [5.74, 6) is 0.732. The number of rotatable bonds is 12. The molecule has 2 aromatic carbocycles. The van der Waals surface area contributed by atoms with E-state index in [2.05, 4.69) is 31.0 Å². The maximum Gasteiger partial charge on any atom is 0.293 e. The molecule has 2 unspecified atom stereocenters. The van der Waals surface area contributed by atoms with Crippen molar-refractivity contribution in [3.8, 4) is 11.5 Å². The smallest absolute Gasteiger partial charge is 0.293 e. The number of aromatic nitrogens is 2. The average Bonchev–Trinajstić information content (AvgIpc) is 3.91. The summed E-state index contributed by atoms with van der Waals surface area (Å²) in [6.45, 7) is 2.94. The number of allylic oxidation sites excluding steroid dienone is 1. The number of benzene rings is 2. The molecule has 4 aliphatic rings. The number of aromatic amines is 1. The number of pyridine rings is 1. The molecule has 2 atom stereocenters. The molecule has 296 valence electrons. The van der Waals surface area contributed by atoms with Gasteiger partial charge in [-0.2, -0.15) is 0 Å². The number of nitrogens with one attached hydrogen (secondary N) is 3. The van der Waals surface area contributed by atoms with Crippen LogP contribution in [0, 0.1) is 22.0 Å². The minimum Gasteiger partial charge on any atom is -0.455 e. The molecule has 0 radical (unpaired) electrons. The van der Waals surface area contributed by atoms with Crippen LogP contribution in [0.25, 0.3) is 16.6 Å². The zero-order chi connectivity index (χ0) is 38.6. The SMILES string of the molecule is O=C(NS(=O)(=O)c1ccc(NCC2CCOCC2)c([N+](=O)[O-])c1)c1ccc(C2=CCC(N3CCCC3C3CCCCC3)CC2)cc1Oc1cnc2[nH]ccc2c1. The molecule has 13 nitrogen and oxygen atoms in total. The van der Waals surface area contributed by atoms with Crippen LogP contribution in [-0.2, 0) is 14.8 Å². The Morgan fingerprint density at radius 1 is 1.00 bits per heavy atom. The molecule has 4 heterocycles. The summed E-state index contributed by atoms with van der Waals surface area (Å²) >= 11 is 0. The highest BCUT2D eigenvalue weighted by Crippen LogP contribution is 2.40. The van der Waals surface area contributed by atoms with Crippen LogP contribution in [0.5, 0.6) is 11.5 Å². The first-order valence-electron chi connectivity index (χ1n) is 20.1. The van der Waals surface area contributed by atoms with Crippen molar-refractivity contribution >= 4 is 43.9 Å². The first-order chi connectivity index (χ1) is 27.2. The molecule has 0 spiro atoms. The number of carbonyl (C=O) groups is 1. The number of nitro groups is 1. The van der Waals surface area contributed by atoms with E-state index in [1.54, 1.807) is 30.6 Å². The molecule has 8 rings (SSSR count). The fourth-order valence-electron chi connectivity index (χ4n) is 9.19. The second-order valence-electron chi connectivity index (χ2n) is 15.7. The third-order valence-electron chi connectivity index (χ3n) is 12.2. The van der Waals surface area contributed by atoms with Crippen LogP contribution in [-0.4, -0.2) is 72.5 Å². The summed E-state index contributed by atoms with van der Waals surface area (Å²) in [5.41, 5.74) is 2.55. The molecule has 14 heteroatoms. The van der Waals surface area contributed by atoms with Gasteiger partial charge in [0, 0.05) is 49.5 Å². The molecular formula is C42H50N6O7S. The number of anilines is 1. The molecule has 56 heavy (non-hydrogen) atoms. The van der Waals surface area contributed by atoms with Gasteiger partial charge in [0.2, 0.25) is 0 Å². The Balaban J connectivity index is 1.02. The van der Waals surface area contributed by atoms with E-state index in [9.17, 15) is 23.3 Å². The number of hydrogen-bond acceptors (Lipinski definition) is 10. The van der Waals surface area contributed by atoms with E-state index in [0.29, 0.717) is 43.2 Å². The Morgan fingerprint density at radius 3 is 2.62 bits per heavy atom. The lowest BCUT2D eigenvalue weighted by Crippen LogP contribution is -2.43. The van der Waals surface area contributed by atoms with E-state index >= 15 is 0 Å². The van der Waals surface area contributed by atoms with Crippen molar-refractivity contribution in [3.05, 3.63) is 88.2 Å². The third-order valence-corrected chi connectivity index (χ3v) is 13.5. The number of nitro benzene ring substituents is 1. The van der Waals surface area contributed by atoms with E-state index in [0.717, 1.165) is 60.6 Å². The van der Waals surface area contributed by atoms with Crippen LogP contribution in [0.1, 0.15) is 93.0 Å². The zero-order valence-corrected chi connectivity index (χ0v) is 32.4. The van der Waals surface area contributed by atoms with Gasteiger partial charge < -0.3 is 19.8 Å². The van der Waals surface area contributed by atoms with Crippen LogP contribution in [0.2, 0.25) is 0 Å². The van der Waals surface area contributed by atoms with Crippen LogP contribution >= 0.6 is 0 Å². The Hall–Kier alpha value is -4.79. The predicted octanol–water partition coefficient (Wildman–Crippen LogP) is 8.20. The van der Waals surface area contributed by atoms with Gasteiger partial charge in [0.15, 0.2) is 0 Å². The maximum absolute atomic E-state index is 13.9. The molecule has 0 bridgehead atoms. The first-order valence-corrected chi connectivity index (χ1v) is 21.6. The highest BCUT2D eigenvalue weighted by molar-refractivity contribution is 7.90. The topological polar surface area (TPSA) is 169 Å². The van der Waals surface area contributed by atoms with E-state index in [4.69, 9.17) is 9.47 Å². The molecule has 3 N–H and O–H groups in total. The second-order valence-corrected chi connectivity index (χ2v) is 17.4. The summed E-state index contributed by atoms with van der Waals surface area (Å²) < 4.78 is 41.1. The lowest BCUT2D eigenvalue weighted by Gasteiger charge is -2.40. The molecule has 2 aliphatic carbocycles. The number of sulfonamides is 1. The molecule has 2 aromatic heterocycles. The number of nitrogens with zero attached hydrogens (tertiary/aromatic N) is 3. The largest absolute Gasteiger partial charge is 0.455 e. The van der Waals surface area contributed by atoms with Gasteiger partial charge in [-0.3, -0.25) is 19.8 Å². The number of H-pyrrole nitrogens is 1. The fraction of sp³-hybridized carbons (Fsp3) is 0.476. The van der Waals surface area contributed by atoms with Crippen molar-refractivity contribution in [2.75, 3.05) is 31.6 Å². The standard InChI is InChI=1S/C42H50N6O7S/c49-42(46-56(52,53)35-13-15-37(39(25-35)48(50)51)44-26-28-17-21-54-22-18-28)36-14-10-31(24-40(36)55-34-23-32-16-19-43-41(32)45-27-34)29-8-11-33(12-9-29)47-20-4-7-38(47)30-5-2-1-3-6-30/h8,10,13-16,19,23-25,27-28,30,33,38,44H,1-7,9,11-12,17-18,20-22,26H2,(H,43,45)(H,46,49). The van der Waals surface area contributed by atoms with Crippen molar-refractivity contribution in [1.82, 2.24) is 19.6 Å². The number of carbonyl (C=O) groups excluding carboxylic acids is 1. The normalized spacial score (nSPS) is 21.5. The van der Waals surface area contributed by atoms with Crippen LogP contribution < -0.4 is 14.8 Å². The average molecular weight is 783 g/mol. The van der Waals surface area contributed by atoms with Crippen LogP contribution in [0.4, 0.5) is 11.4 Å². The quantitative estimate of drug-likeness (QED) is 0.0941. The Kier molecular flexibility index (Phi) is 11.4. The number of ether oxygens (including phenoxy) is 2. The molecule has 1 amide bonds. The minimum absolute atomic E-state index is 0.00239. The third kappa shape index (κ3) is 8.47. The number of fused-ring (bicyclic) bond motifs is 1. The molecule has 4 aromatic rings. The maximum atomic E-state index is 13.9. The molecule has 2 aliphatic heterocycles. The van der Waals surface area contributed by atoms with Crippen LogP contribution in [0.3, 0.4) is 0 Å². The van der Waals surface area contributed by atoms with Gasteiger partial charge in [0.1, 0.15) is 22.8 Å². The predicted molar refractivity (Wildman–Crippen MR) is 214 cm³/mol. The zero-order valence-electron chi connectivity index (χ0n) is 31.6. The van der Waals surface area contributed by atoms with E-state index in [1.807, 2.05) is 12.1 Å². The van der Waals surface area contributed by atoms with Gasteiger partial charge in [-0.25, -0.2) is 18.1 Å². The van der Waals surface area contributed by atoms with Gasteiger partial charge in [-0.1, -0.05) is 31.4 Å². The first kappa shape index (κ1) is 38.1. The van der Waals surface area contributed by atoms with Crippen molar-refractivity contribution in [2.45, 2.75) is 94.0 Å². The fourth-order valence-corrected chi connectivity index (χ4v) is 10.2. The monoisotopic (exact) mass is 782 g/mol. The van der Waals surface area contributed by atoms with Crippen molar-refractivity contribution in [2.24, 2.45) is 11.8 Å². The Bertz CT molecular complexity index is 2210. The lowest BCUT2D eigenvalue weighted by molar-refractivity contribution is -0.384. The summed E-state index contributed by atoms with van der Waals surface area (Å²) in [5, 5.41) is 16.0. The molecule has 1 saturated carbocycles. The molecule has 3 fully saturated rings. The Morgan fingerprint density at radius 2 is 1.84 bits per heavy atom. The van der Waals surface area contributed by atoms with Crippen LogP contribution in [0.15, 0.2) is 71.9 Å². The Labute approximate surface area is 327 Å². The summed E-state index contributed by atoms with van der Waals surface area (Å²) in [6.07, 6.45) is 19.6. The van der Waals surface area contributed by atoms with Gasteiger partial charge in [-0.05, 0) is 124 Å². The highest BCUT2D eigenvalue weighted by Gasteiger charge is 2.37. The van der Waals surface area contributed by atoms with Gasteiger partial charge in [0.05, 0.1) is 21.6 Å². The van der Waals surface area contributed by atoms with Crippen molar-refractivity contribution < 1.29 is 27.6 Å². The lowest BCUT2D eigenvalue weighted by atomic mass is 9.81. The minimum atomic E-state index is -4.52. The summed E-state index contributed by atoms with van der Waals surface area (Å²) in [6, 6.07) is 13.7.